The van der Waals surface area contributed by atoms with Gasteiger partial charge in [0.1, 0.15) is 0 Å². The van der Waals surface area contributed by atoms with Crippen molar-refractivity contribution in [2.75, 3.05) is 13.2 Å². The first kappa shape index (κ1) is 13.8. The molecule has 0 aromatic heterocycles. The average Bonchev–Trinajstić information content (AvgIpc) is 2.97. The van der Waals surface area contributed by atoms with E-state index in [0.29, 0.717) is 6.61 Å². The highest BCUT2D eigenvalue weighted by molar-refractivity contribution is 6.22. The van der Waals surface area contributed by atoms with Crippen LogP contribution < -0.4 is 0 Å². The van der Waals surface area contributed by atoms with Crippen molar-refractivity contribution in [2.24, 2.45) is 0 Å². The van der Waals surface area contributed by atoms with Crippen molar-refractivity contribution in [3.63, 3.8) is 0 Å². The standard InChI is InChI=1S/C15H15NO5/c1-15(5-2-6-21-15)8-16-12(17)10-4-3-9(14(19)20)7-11(10)13(16)18/h3-4,7H,2,5-6,8H2,1H3,(H,19,20). The molecule has 3 rings (SSSR count). The largest absolute Gasteiger partial charge is 0.478 e. The molecule has 1 fully saturated rings. The number of hydrogen-bond acceptors (Lipinski definition) is 4. The lowest BCUT2D eigenvalue weighted by molar-refractivity contribution is -0.00286. The molecule has 1 saturated heterocycles. The number of carbonyl (C=O) groups is 3. The monoisotopic (exact) mass is 289 g/mol. The van der Waals surface area contributed by atoms with Crippen LogP contribution in [-0.4, -0.2) is 46.5 Å². The predicted octanol–water partition coefficient (Wildman–Crippen LogP) is 1.55. The SMILES string of the molecule is CC1(CN2C(=O)c3ccc(C(=O)O)cc3C2=O)CCCO1. The van der Waals surface area contributed by atoms with Crippen LogP contribution in [0.15, 0.2) is 18.2 Å². The molecule has 2 aliphatic heterocycles. The van der Waals surface area contributed by atoms with Crippen LogP contribution in [0.2, 0.25) is 0 Å². The molecule has 6 nitrogen and oxygen atoms in total. The summed E-state index contributed by atoms with van der Waals surface area (Å²) in [5.74, 6) is -1.96. The molecule has 0 aliphatic carbocycles. The normalized spacial score (nSPS) is 24.5. The van der Waals surface area contributed by atoms with Gasteiger partial charge in [-0.05, 0) is 38.0 Å². The number of rotatable bonds is 3. The average molecular weight is 289 g/mol. The number of carboxylic acids is 1. The second kappa shape index (κ2) is 4.66. The third kappa shape index (κ3) is 2.21. The van der Waals surface area contributed by atoms with Gasteiger partial charge in [0, 0.05) is 6.61 Å². The lowest BCUT2D eigenvalue weighted by atomic mass is 10.0. The zero-order valence-electron chi connectivity index (χ0n) is 11.6. The summed E-state index contributed by atoms with van der Waals surface area (Å²) in [5.41, 5.74) is -0.101. The minimum atomic E-state index is -1.12. The molecule has 0 saturated carbocycles. The molecule has 2 amide bonds. The maximum absolute atomic E-state index is 12.4. The molecule has 1 N–H and O–H groups in total. The Morgan fingerprint density at radius 3 is 2.67 bits per heavy atom. The topological polar surface area (TPSA) is 83.9 Å². The maximum Gasteiger partial charge on any atom is 0.335 e. The Morgan fingerprint density at radius 2 is 2.05 bits per heavy atom. The number of imide groups is 1. The van der Waals surface area contributed by atoms with Crippen LogP contribution in [0.25, 0.3) is 0 Å². The summed E-state index contributed by atoms with van der Waals surface area (Å²) in [7, 11) is 0. The number of benzene rings is 1. The first-order valence-electron chi connectivity index (χ1n) is 6.79. The number of fused-ring (bicyclic) bond motifs is 1. The molecule has 21 heavy (non-hydrogen) atoms. The number of carboxylic acid groups (broad SMARTS) is 1. The Kier molecular flexibility index (Phi) is 3.06. The van der Waals surface area contributed by atoms with Crippen LogP contribution in [0.5, 0.6) is 0 Å². The van der Waals surface area contributed by atoms with Gasteiger partial charge >= 0.3 is 5.97 Å². The molecule has 1 atom stereocenters. The van der Waals surface area contributed by atoms with Crippen molar-refractivity contribution in [3.05, 3.63) is 34.9 Å². The van der Waals surface area contributed by atoms with Crippen LogP contribution >= 0.6 is 0 Å². The summed E-state index contributed by atoms with van der Waals surface area (Å²) in [4.78, 5) is 36.8. The van der Waals surface area contributed by atoms with E-state index in [1.165, 1.54) is 18.2 Å². The molecule has 0 spiro atoms. The zero-order chi connectivity index (χ0) is 15.2. The molecule has 1 aromatic carbocycles. The number of hydrogen-bond donors (Lipinski definition) is 1. The van der Waals surface area contributed by atoms with E-state index in [0.717, 1.165) is 17.7 Å². The van der Waals surface area contributed by atoms with Gasteiger partial charge < -0.3 is 9.84 Å². The molecular weight excluding hydrogens is 274 g/mol. The first-order valence-corrected chi connectivity index (χ1v) is 6.79. The van der Waals surface area contributed by atoms with Gasteiger partial charge in [-0.3, -0.25) is 14.5 Å². The number of aromatic carboxylic acids is 1. The summed E-state index contributed by atoms with van der Waals surface area (Å²) in [6.07, 6.45) is 1.70. The fraction of sp³-hybridized carbons (Fsp3) is 0.400. The van der Waals surface area contributed by atoms with E-state index in [-0.39, 0.29) is 29.1 Å². The van der Waals surface area contributed by atoms with Gasteiger partial charge in [0.05, 0.1) is 28.8 Å². The Morgan fingerprint density at radius 1 is 1.33 bits per heavy atom. The summed E-state index contributed by atoms with van der Waals surface area (Å²) < 4.78 is 5.62. The Bertz CT molecular complexity index is 645. The first-order chi connectivity index (χ1) is 9.91. The number of amides is 2. The van der Waals surface area contributed by atoms with E-state index in [9.17, 15) is 14.4 Å². The summed E-state index contributed by atoms with van der Waals surface area (Å²) in [6.45, 7) is 2.71. The Labute approximate surface area is 121 Å². The van der Waals surface area contributed by atoms with Crippen LogP contribution in [0.3, 0.4) is 0 Å². The second-order valence-electron chi connectivity index (χ2n) is 5.66. The molecule has 0 bridgehead atoms. The van der Waals surface area contributed by atoms with Crippen molar-refractivity contribution >= 4 is 17.8 Å². The van der Waals surface area contributed by atoms with Crippen molar-refractivity contribution in [1.82, 2.24) is 4.90 Å². The van der Waals surface area contributed by atoms with Gasteiger partial charge in [-0.15, -0.1) is 0 Å². The van der Waals surface area contributed by atoms with Crippen molar-refractivity contribution < 1.29 is 24.2 Å². The maximum atomic E-state index is 12.4. The van der Waals surface area contributed by atoms with Crippen molar-refractivity contribution in [2.45, 2.75) is 25.4 Å². The fourth-order valence-electron chi connectivity index (χ4n) is 2.86. The molecule has 1 unspecified atom stereocenters. The molecular formula is C15H15NO5. The fourth-order valence-corrected chi connectivity index (χ4v) is 2.86. The predicted molar refractivity (Wildman–Crippen MR) is 72.4 cm³/mol. The third-order valence-electron chi connectivity index (χ3n) is 4.01. The Hall–Kier alpha value is -2.21. The lowest BCUT2D eigenvalue weighted by Crippen LogP contribution is -2.43. The van der Waals surface area contributed by atoms with Gasteiger partial charge in [-0.2, -0.15) is 0 Å². The number of nitrogens with zero attached hydrogens (tertiary/aromatic N) is 1. The van der Waals surface area contributed by atoms with E-state index >= 15 is 0 Å². The van der Waals surface area contributed by atoms with E-state index in [1.807, 2.05) is 6.92 Å². The Balaban J connectivity index is 1.91. The van der Waals surface area contributed by atoms with Crippen LogP contribution in [-0.2, 0) is 4.74 Å². The molecule has 2 heterocycles. The second-order valence-corrected chi connectivity index (χ2v) is 5.66. The van der Waals surface area contributed by atoms with Crippen molar-refractivity contribution in [3.8, 4) is 0 Å². The zero-order valence-corrected chi connectivity index (χ0v) is 11.6. The number of carbonyl (C=O) groups excluding carboxylic acids is 2. The van der Waals surface area contributed by atoms with E-state index in [2.05, 4.69) is 0 Å². The highest BCUT2D eigenvalue weighted by Crippen LogP contribution is 2.30. The van der Waals surface area contributed by atoms with Crippen LogP contribution in [0.4, 0.5) is 0 Å². The molecule has 6 heteroatoms. The summed E-state index contributed by atoms with van der Waals surface area (Å²) in [6, 6.07) is 4.00. The highest BCUT2D eigenvalue weighted by atomic mass is 16.5. The minimum Gasteiger partial charge on any atom is -0.478 e. The quantitative estimate of drug-likeness (QED) is 0.853. The minimum absolute atomic E-state index is 0.0000723. The molecule has 2 aliphatic rings. The highest BCUT2D eigenvalue weighted by Gasteiger charge is 2.41. The van der Waals surface area contributed by atoms with Gasteiger partial charge in [-0.1, -0.05) is 0 Å². The van der Waals surface area contributed by atoms with Crippen molar-refractivity contribution in [1.29, 1.82) is 0 Å². The van der Waals surface area contributed by atoms with Gasteiger partial charge in [-0.25, -0.2) is 4.79 Å². The van der Waals surface area contributed by atoms with E-state index in [4.69, 9.17) is 9.84 Å². The molecule has 0 radical (unpaired) electrons. The summed E-state index contributed by atoms with van der Waals surface area (Å²) >= 11 is 0. The van der Waals surface area contributed by atoms with Crippen LogP contribution in [0.1, 0.15) is 50.8 Å². The lowest BCUT2D eigenvalue weighted by Gasteiger charge is -2.27. The molecule has 110 valence electrons. The van der Waals surface area contributed by atoms with E-state index in [1.54, 1.807) is 0 Å². The summed E-state index contributed by atoms with van der Waals surface area (Å²) in [5, 5.41) is 8.98. The smallest absolute Gasteiger partial charge is 0.335 e. The van der Waals surface area contributed by atoms with Gasteiger partial charge in [0.25, 0.3) is 11.8 Å². The van der Waals surface area contributed by atoms with Gasteiger partial charge in [0.15, 0.2) is 0 Å². The van der Waals surface area contributed by atoms with E-state index < -0.39 is 17.5 Å². The van der Waals surface area contributed by atoms with Crippen LogP contribution in [0, 0.1) is 0 Å². The van der Waals surface area contributed by atoms with Gasteiger partial charge in [0.2, 0.25) is 0 Å². The third-order valence-corrected chi connectivity index (χ3v) is 4.01. The molecule has 1 aromatic rings. The number of ether oxygens (including phenoxy) is 1.